The first-order valence-electron chi connectivity index (χ1n) is 43.0. The lowest BCUT2D eigenvalue weighted by Crippen LogP contribution is -2.30. The van der Waals surface area contributed by atoms with E-state index in [1.807, 2.05) is 0 Å². The van der Waals surface area contributed by atoms with E-state index in [4.69, 9.17) is 37.0 Å². The predicted molar refractivity (Wildman–Crippen MR) is 418 cm³/mol. The van der Waals surface area contributed by atoms with E-state index < -0.39 is 97.5 Å². The van der Waals surface area contributed by atoms with Gasteiger partial charge in [-0.1, -0.05) is 388 Å². The van der Waals surface area contributed by atoms with E-state index in [0.717, 1.165) is 108 Å². The quantitative estimate of drug-likeness (QED) is 0.0222. The minimum absolute atomic E-state index is 0.106. The number of carbonyl (C=O) groups excluding carboxylic acids is 4. The third kappa shape index (κ3) is 74.9. The number of hydrogen-bond acceptors (Lipinski definition) is 15. The largest absolute Gasteiger partial charge is 0.472 e. The van der Waals surface area contributed by atoms with Gasteiger partial charge in [0.1, 0.15) is 19.3 Å². The topological polar surface area (TPSA) is 237 Å². The third-order valence-corrected chi connectivity index (χ3v) is 21.7. The first-order valence-corrected chi connectivity index (χ1v) is 46.0. The molecule has 0 aromatic rings. The van der Waals surface area contributed by atoms with Crippen molar-refractivity contribution in [3.8, 4) is 0 Å². The fraction of sp³-hybridized carbons (Fsp3) is 0.952. The molecule has 0 aliphatic heterocycles. The molecule has 17 nitrogen and oxygen atoms in total. The monoisotopic (exact) mass is 1490 g/mol. The van der Waals surface area contributed by atoms with Crippen LogP contribution in [0.3, 0.4) is 0 Å². The second-order valence-corrected chi connectivity index (χ2v) is 33.5. The average Bonchev–Trinajstić information content (AvgIpc) is 0.937. The van der Waals surface area contributed by atoms with Gasteiger partial charge in [-0.3, -0.25) is 37.3 Å². The first kappa shape index (κ1) is 100. The van der Waals surface area contributed by atoms with Gasteiger partial charge < -0.3 is 33.8 Å². The summed E-state index contributed by atoms with van der Waals surface area (Å²) < 4.78 is 68.8. The van der Waals surface area contributed by atoms with Gasteiger partial charge in [-0.05, 0) is 37.5 Å². The highest BCUT2D eigenvalue weighted by atomic mass is 31.2. The number of aliphatic hydroxyl groups is 1. The highest BCUT2D eigenvalue weighted by Crippen LogP contribution is 2.45. The lowest BCUT2D eigenvalue weighted by Gasteiger charge is -2.21. The summed E-state index contributed by atoms with van der Waals surface area (Å²) in [5.41, 5.74) is 0. The van der Waals surface area contributed by atoms with Gasteiger partial charge in [0, 0.05) is 25.7 Å². The van der Waals surface area contributed by atoms with E-state index in [1.165, 1.54) is 250 Å². The number of rotatable bonds is 82. The van der Waals surface area contributed by atoms with E-state index in [0.29, 0.717) is 25.7 Å². The van der Waals surface area contributed by atoms with Crippen molar-refractivity contribution in [3.63, 3.8) is 0 Å². The molecular weight excluding hydrogens is 1330 g/mol. The summed E-state index contributed by atoms with van der Waals surface area (Å²) in [5, 5.41) is 10.7. The van der Waals surface area contributed by atoms with Crippen molar-refractivity contribution in [1.29, 1.82) is 0 Å². The lowest BCUT2D eigenvalue weighted by atomic mass is 10.00. The molecule has 0 aliphatic rings. The lowest BCUT2D eigenvalue weighted by molar-refractivity contribution is -0.161. The van der Waals surface area contributed by atoms with E-state index in [1.54, 1.807) is 0 Å². The van der Waals surface area contributed by atoms with Crippen LogP contribution < -0.4 is 0 Å². The maximum absolute atomic E-state index is 13.1. The Bertz CT molecular complexity index is 1960. The van der Waals surface area contributed by atoms with Crippen molar-refractivity contribution < 1.29 is 80.2 Å². The van der Waals surface area contributed by atoms with Crippen molar-refractivity contribution in [2.45, 2.75) is 458 Å². The number of esters is 4. The Morgan fingerprint density at radius 3 is 0.745 bits per heavy atom. The van der Waals surface area contributed by atoms with Crippen molar-refractivity contribution in [2.24, 2.45) is 11.8 Å². The molecule has 0 bridgehead atoms. The van der Waals surface area contributed by atoms with Gasteiger partial charge in [-0.25, -0.2) is 9.13 Å². The van der Waals surface area contributed by atoms with Crippen LogP contribution in [0.15, 0.2) is 0 Å². The average molecular weight is 1490 g/mol. The fourth-order valence-corrected chi connectivity index (χ4v) is 14.4. The molecule has 3 unspecified atom stereocenters. The van der Waals surface area contributed by atoms with Gasteiger partial charge in [0.15, 0.2) is 12.2 Å². The highest BCUT2D eigenvalue weighted by molar-refractivity contribution is 7.47. The van der Waals surface area contributed by atoms with Gasteiger partial charge in [0.2, 0.25) is 0 Å². The molecule has 0 radical (unpaired) electrons. The van der Waals surface area contributed by atoms with Crippen LogP contribution >= 0.6 is 15.6 Å². The Morgan fingerprint density at radius 2 is 0.500 bits per heavy atom. The summed E-state index contributed by atoms with van der Waals surface area (Å²) in [6, 6.07) is 0. The van der Waals surface area contributed by atoms with Crippen molar-refractivity contribution in [3.05, 3.63) is 0 Å². The summed E-state index contributed by atoms with van der Waals surface area (Å²) in [6.07, 6.45) is 65.3. The van der Waals surface area contributed by atoms with Crippen LogP contribution in [0.25, 0.3) is 0 Å². The SMILES string of the molecule is CCCCCCCCCCCCCCCCCCCCCCC(=O)O[C@H](COC(=O)CCCCCCCCCCCCCCCCCCC)COP(=O)(O)OC[C@@H](O)COP(=O)(O)OC[C@@H](COC(=O)CCCCCCCCC(C)CC)OC(=O)CCCCCCCCCCCCCCC(C)C. The standard InChI is InChI=1S/C83H162O17P2/c1-7-10-12-14-16-18-20-22-24-26-27-28-30-32-34-39-43-47-55-61-67-82(87)99-78(71-93-80(85)65-59-53-46-42-38-33-31-29-25-23-21-19-17-15-13-11-8-2)73-97-101(89,90)95-69-77(84)70-96-102(91,92)98-74-79(72-94-81(86)66-60-54-50-49-52-58-64-76(6)9-3)100-83(88)68-62-56-48-44-40-36-35-37-41-45-51-57-63-75(4)5/h75-79,84H,7-74H2,1-6H3,(H,89,90)(H,91,92)/t76?,77-,78-,79-/m1/s1. The van der Waals surface area contributed by atoms with Crippen molar-refractivity contribution in [2.75, 3.05) is 39.6 Å². The molecule has 0 aliphatic carbocycles. The number of aliphatic hydroxyl groups excluding tert-OH is 1. The zero-order valence-electron chi connectivity index (χ0n) is 66.9. The van der Waals surface area contributed by atoms with E-state index >= 15 is 0 Å². The number of ether oxygens (including phenoxy) is 4. The Hall–Kier alpha value is -1.94. The second kappa shape index (κ2) is 74.5. The minimum Gasteiger partial charge on any atom is -0.462 e. The minimum atomic E-state index is -4.96. The smallest absolute Gasteiger partial charge is 0.462 e. The van der Waals surface area contributed by atoms with Crippen LogP contribution in [-0.2, 0) is 65.4 Å². The summed E-state index contributed by atoms with van der Waals surface area (Å²) in [6.45, 7) is 9.62. The molecular formula is C83H162O17P2. The van der Waals surface area contributed by atoms with Crippen LogP contribution in [0.1, 0.15) is 440 Å². The normalized spacial score (nSPS) is 14.1. The van der Waals surface area contributed by atoms with Crippen LogP contribution in [0.5, 0.6) is 0 Å². The summed E-state index contributed by atoms with van der Waals surface area (Å²) >= 11 is 0. The van der Waals surface area contributed by atoms with Crippen molar-refractivity contribution >= 4 is 39.5 Å². The molecule has 0 saturated carbocycles. The van der Waals surface area contributed by atoms with Gasteiger partial charge in [-0.2, -0.15) is 0 Å². The summed E-state index contributed by atoms with van der Waals surface area (Å²) in [7, 11) is -9.92. The molecule has 0 aromatic carbocycles. The highest BCUT2D eigenvalue weighted by Gasteiger charge is 2.30. The Morgan fingerprint density at radius 1 is 0.284 bits per heavy atom. The molecule has 0 fully saturated rings. The van der Waals surface area contributed by atoms with Crippen LogP contribution in [-0.4, -0.2) is 96.7 Å². The fourth-order valence-electron chi connectivity index (χ4n) is 12.9. The molecule has 3 N–H and O–H groups in total. The van der Waals surface area contributed by atoms with E-state index in [-0.39, 0.29) is 25.7 Å². The van der Waals surface area contributed by atoms with Gasteiger partial charge in [-0.15, -0.1) is 0 Å². The van der Waals surface area contributed by atoms with E-state index in [9.17, 15) is 43.2 Å². The number of unbranched alkanes of at least 4 members (excludes halogenated alkanes) is 51. The van der Waals surface area contributed by atoms with Gasteiger partial charge in [0.25, 0.3) is 0 Å². The predicted octanol–water partition coefficient (Wildman–Crippen LogP) is 25.1. The summed E-state index contributed by atoms with van der Waals surface area (Å²) in [4.78, 5) is 73.1. The Kier molecular flexibility index (Phi) is 73.1. The molecule has 0 saturated heterocycles. The van der Waals surface area contributed by atoms with Crippen molar-refractivity contribution in [1.82, 2.24) is 0 Å². The zero-order valence-corrected chi connectivity index (χ0v) is 68.7. The molecule has 0 heterocycles. The van der Waals surface area contributed by atoms with Gasteiger partial charge >= 0.3 is 39.5 Å². The molecule has 606 valence electrons. The summed E-state index contributed by atoms with van der Waals surface area (Å²) in [5.74, 6) is -0.600. The Labute approximate surface area is 626 Å². The molecule has 19 heteroatoms. The maximum Gasteiger partial charge on any atom is 0.472 e. The number of phosphoric ester groups is 2. The van der Waals surface area contributed by atoms with Crippen LogP contribution in [0.4, 0.5) is 0 Å². The first-order chi connectivity index (χ1) is 49.4. The third-order valence-electron chi connectivity index (χ3n) is 19.8. The van der Waals surface area contributed by atoms with Crippen LogP contribution in [0, 0.1) is 11.8 Å². The maximum atomic E-state index is 13.1. The second-order valence-electron chi connectivity index (χ2n) is 30.6. The van der Waals surface area contributed by atoms with E-state index in [2.05, 4.69) is 41.5 Å². The Balaban J connectivity index is 5.24. The number of phosphoric acid groups is 2. The molecule has 0 spiro atoms. The molecule has 0 aromatic heterocycles. The number of hydrogen-bond donors (Lipinski definition) is 3. The molecule has 6 atom stereocenters. The number of carbonyl (C=O) groups is 4. The molecule has 0 rings (SSSR count). The molecule has 0 amide bonds. The van der Waals surface area contributed by atoms with Crippen LogP contribution in [0.2, 0.25) is 0 Å². The van der Waals surface area contributed by atoms with Gasteiger partial charge in [0.05, 0.1) is 26.4 Å². The zero-order chi connectivity index (χ0) is 74.9. The molecule has 102 heavy (non-hydrogen) atoms.